The molecule has 0 bridgehead atoms. The van der Waals surface area contributed by atoms with Crippen molar-refractivity contribution in [1.82, 2.24) is 5.32 Å². The Morgan fingerprint density at radius 3 is 2.56 bits per heavy atom. The maximum atomic E-state index is 11.4. The summed E-state index contributed by atoms with van der Waals surface area (Å²) < 4.78 is 5.28. The van der Waals surface area contributed by atoms with E-state index in [1.165, 1.54) is 0 Å². The van der Waals surface area contributed by atoms with E-state index < -0.39 is 0 Å². The van der Waals surface area contributed by atoms with Crippen molar-refractivity contribution in [1.29, 1.82) is 0 Å². The van der Waals surface area contributed by atoms with Crippen LogP contribution >= 0.6 is 23.2 Å². The second-order valence-electron chi connectivity index (χ2n) is 3.68. The number of halogens is 2. The Bertz CT molecular complexity index is 385. The van der Waals surface area contributed by atoms with E-state index in [2.05, 4.69) is 5.32 Å². The van der Waals surface area contributed by atoms with Crippen LogP contribution in [0.5, 0.6) is 5.75 Å². The smallest absolute Gasteiger partial charge is 0.258 e. The van der Waals surface area contributed by atoms with E-state index in [1.54, 1.807) is 18.2 Å². The summed E-state index contributed by atoms with van der Waals surface area (Å²) in [6.45, 7) is -0.0556. The SMILES string of the molecule is O=C(COc1c(Cl)cccc1Cl)NC1CC1. The lowest BCUT2D eigenvalue weighted by Crippen LogP contribution is -2.30. The topological polar surface area (TPSA) is 38.3 Å². The Hall–Kier alpha value is -0.930. The maximum absolute atomic E-state index is 11.4. The third-order valence-corrected chi connectivity index (χ3v) is 2.80. The van der Waals surface area contributed by atoms with E-state index in [-0.39, 0.29) is 12.5 Å². The van der Waals surface area contributed by atoms with Gasteiger partial charge in [-0.2, -0.15) is 0 Å². The highest BCUT2D eigenvalue weighted by molar-refractivity contribution is 6.37. The molecule has 2 rings (SSSR count). The molecule has 86 valence electrons. The van der Waals surface area contributed by atoms with Gasteiger partial charge in [0.25, 0.3) is 5.91 Å². The summed E-state index contributed by atoms with van der Waals surface area (Å²) in [5.74, 6) is 0.218. The second kappa shape index (κ2) is 4.93. The summed E-state index contributed by atoms with van der Waals surface area (Å²) in [4.78, 5) is 11.4. The largest absolute Gasteiger partial charge is 0.481 e. The van der Waals surface area contributed by atoms with E-state index >= 15 is 0 Å². The number of carbonyl (C=O) groups excluding carboxylic acids is 1. The van der Waals surface area contributed by atoms with Gasteiger partial charge in [-0.05, 0) is 25.0 Å². The van der Waals surface area contributed by atoms with Crippen molar-refractivity contribution < 1.29 is 9.53 Å². The van der Waals surface area contributed by atoms with E-state index in [9.17, 15) is 4.79 Å². The molecule has 3 nitrogen and oxygen atoms in total. The quantitative estimate of drug-likeness (QED) is 0.903. The van der Waals surface area contributed by atoms with Gasteiger partial charge in [0.1, 0.15) is 0 Å². The van der Waals surface area contributed by atoms with Crippen LogP contribution in [0.1, 0.15) is 12.8 Å². The first kappa shape index (κ1) is 11.6. The molecule has 1 aromatic carbocycles. The van der Waals surface area contributed by atoms with Gasteiger partial charge in [0.05, 0.1) is 10.0 Å². The van der Waals surface area contributed by atoms with Gasteiger partial charge in [-0.15, -0.1) is 0 Å². The predicted octanol–water partition coefficient (Wildman–Crippen LogP) is 2.65. The van der Waals surface area contributed by atoms with Crippen LogP contribution in [0.2, 0.25) is 10.0 Å². The highest BCUT2D eigenvalue weighted by Gasteiger charge is 2.23. The summed E-state index contributed by atoms with van der Waals surface area (Å²) in [5, 5.41) is 3.63. The number of amides is 1. The van der Waals surface area contributed by atoms with Crippen LogP contribution in [0.4, 0.5) is 0 Å². The van der Waals surface area contributed by atoms with Crippen LogP contribution in [-0.4, -0.2) is 18.6 Å². The van der Waals surface area contributed by atoms with E-state index in [1.807, 2.05) is 0 Å². The maximum Gasteiger partial charge on any atom is 0.258 e. The first-order valence-corrected chi connectivity index (χ1v) is 5.78. The standard InChI is InChI=1S/C11H11Cl2NO2/c12-8-2-1-3-9(13)11(8)16-6-10(15)14-7-4-5-7/h1-3,7H,4-6H2,(H,14,15). The summed E-state index contributed by atoms with van der Waals surface area (Å²) >= 11 is 11.8. The number of ether oxygens (including phenoxy) is 1. The molecule has 1 aromatic rings. The third kappa shape index (κ3) is 3.03. The zero-order valence-corrected chi connectivity index (χ0v) is 10.0. The molecule has 1 N–H and O–H groups in total. The van der Waals surface area contributed by atoms with E-state index in [4.69, 9.17) is 27.9 Å². The van der Waals surface area contributed by atoms with Crippen molar-refractivity contribution >= 4 is 29.1 Å². The van der Waals surface area contributed by atoms with Crippen LogP contribution in [-0.2, 0) is 4.79 Å². The fourth-order valence-electron chi connectivity index (χ4n) is 1.26. The Balaban J connectivity index is 1.90. The number of hydrogen-bond donors (Lipinski definition) is 1. The molecule has 0 heterocycles. The van der Waals surface area contributed by atoms with Crippen LogP contribution < -0.4 is 10.1 Å². The first-order chi connectivity index (χ1) is 7.66. The van der Waals surface area contributed by atoms with Gasteiger partial charge in [0.2, 0.25) is 0 Å². The fraction of sp³-hybridized carbons (Fsp3) is 0.364. The van der Waals surface area contributed by atoms with Gasteiger partial charge >= 0.3 is 0 Å². The summed E-state index contributed by atoms with van der Waals surface area (Å²) in [6.07, 6.45) is 2.11. The lowest BCUT2D eigenvalue weighted by molar-refractivity contribution is -0.123. The highest BCUT2D eigenvalue weighted by Crippen LogP contribution is 2.32. The van der Waals surface area contributed by atoms with Crippen LogP contribution in [0, 0.1) is 0 Å². The molecule has 16 heavy (non-hydrogen) atoms. The van der Waals surface area contributed by atoms with Crippen molar-refractivity contribution in [3.05, 3.63) is 28.2 Å². The Labute approximate surface area is 104 Å². The molecular formula is C11H11Cl2NO2. The number of benzene rings is 1. The second-order valence-corrected chi connectivity index (χ2v) is 4.50. The Kier molecular flexibility index (Phi) is 3.56. The van der Waals surface area contributed by atoms with Crippen molar-refractivity contribution in [2.75, 3.05) is 6.61 Å². The van der Waals surface area contributed by atoms with Gasteiger partial charge in [-0.25, -0.2) is 0 Å². The minimum atomic E-state index is -0.140. The number of carbonyl (C=O) groups is 1. The summed E-state index contributed by atoms with van der Waals surface area (Å²) in [5.41, 5.74) is 0. The van der Waals surface area contributed by atoms with Crippen LogP contribution in [0.25, 0.3) is 0 Å². The molecule has 0 radical (unpaired) electrons. The third-order valence-electron chi connectivity index (χ3n) is 2.21. The highest BCUT2D eigenvalue weighted by atomic mass is 35.5. The van der Waals surface area contributed by atoms with E-state index in [0.717, 1.165) is 12.8 Å². The number of nitrogens with one attached hydrogen (secondary N) is 1. The van der Waals surface area contributed by atoms with Gasteiger partial charge in [0.15, 0.2) is 12.4 Å². The first-order valence-electron chi connectivity index (χ1n) is 5.03. The zero-order chi connectivity index (χ0) is 11.5. The normalized spacial score (nSPS) is 14.6. The zero-order valence-electron chi connectivity index (χ0n) is 8.50. The van der Waals surface area contributed by atoms with E-state index in [0.29, 0.717) is 21.8 Å². The lowest BCUT2D eigenvalue weighted by atomic mass is 10.3. The molecule has 1 aliphatic rings. The molecule has 0 spiro atoms. The summed E-state index contributed by atoms with van der Waals surface area (Å²) in [7, 11) is 0. The predicted molar refractivity (Wildman–Crippen MR) is 63.1 cm³/mol. The van der Waals surface area contributed by atoms with Crippen molar-refractivity contribution in [2.45, 2.75) is 18.9 Å². The number of hydrogen-bond acceptors (Lipinski definition) is 2. The molecule has 1 amide bonds. The van der Waals surface area contributed by atoms with Crippen LogP contribution in [0.15, 0.2) is 18.2 Å². The summed E-state index contributed by atoms with van der Waals surface area (Å²) in [6, 6.07) is 5.39. The number of rotatable bonds is 4. The average molecular weight is 260 g/mol. The van der Waals surface area contributed by atoms with Gasteiger partial charge in [-0.3, -0.25) is 4.79 Å². The van der Waals surface area contributed by atoms with Crippen molar-refractivity contribution in [2.24, 2.45) is 0 Å². The molecule has 1 fully saturated rings. The molecular weight excluding hydrogens is 249 g/mol. The monoisotopic (exact) mass is 259 g/mol. The Morgan fingerprint density at radius 2 is 2.00 bits per heavy atom. The molecule has 1 aliphatic carbocycles. The minimum absolute atomic E-state index is 0.0556. The van der Waals surface area contributed by atoms with Crippen molar-refractivity contribution in [3.63, 3.8) is 0 Å². The lowest BCUT2D eigenvalue weighted by Gasteiger charge is -2.09. The Morgan fingerprint density at radius 1 is 1.38 bits per heavy atom. The molecule has 0 atom stereocenters. The molecule has 0 aliphatic heterocycles. The van der Waals surface area contributed by atoms with Crippen molar-refractivity contribution in [3.8, 4) is 5.75 Å². The van der Waals surface area contributed by atoms with Crippen LogP contribution in [0.3, 0.4) is 0 Å². The molecule has 0 saturated heterocycles. The molecule has 0 unspecified atom stereocenters. The van der Waals surface area contributed by atoms with Gasteiger partial charge < -0.3 is 10.1 Å². The fourth-order valence-corrected chi connectivity index (χ4v) is 1.76. The number of para-hydroxylation sites is 1. The minimum Gasteiger partial charge on any atom is -0.481 e. The van der Waals surface area contributed by atoms with Gasteiger partial charge in [-0.1, -0.05) is 29.3 Å². The average Bonchev–Trinajstić information content (AvgIpc) is 3.01. The van der Waals surface area contributed by atoms with Gasteiger partial charge in [0, 0.05) is 6.04 Å². The molecule has 5 heteroatoms. The molecule has 1 saturated carbocycles. The molecule has 0 aromatic heterocycles.